The lowest BCUT2D eigenvalue weighted by Crippen LogP contribution is -2.14. The number of rotatable bonds is 1. The first-order chi connectivity index (χ1) is 11.9. The zero-order valence-corrected chi connectivity index (χ0v) is 17.3. The van der Waals surface area contributed by atoms with Gasteiger partial charge in [-0.3, -0.25) is 0 Å². The highest BCUT2D eigenvalue weighted by Crippen LogP contribution is 2.48. The van der Waals surface area contributed by atoms with E-state index in [1.165, 1.54) is 33.4 Å². The van der Waals surface area contributed by atoms with Gasteiger partial charge in [-0.1, -0.05) is 99.5 Å². The highest BCUT2D eigenvalue weighted by Gasteiger charge is 2.34. The molecule has 0 atom stereocenters. The summed E-state index contributed by atoms with van der Waals surface area (Å²) < 4.78 is 0. The van der Waals surface area contributed by atoms with Crippen molar-refractivity contribution in [3.05, 3.63) is 83.0 Å². The summed E-state index contributed by atoms with van der Waals surface area (Å²) in [6, 6.07) is 15.6. The summed E-state index contributed by atoms with van der Waals surface area (Å²) in [7, 11) is 0. The lowest BCUT2D eigenvalue weighted by Gasteiger charge is -2.21. The van der Waals surface area contributed by atoms with Gasteiger partial charge in [0.05, 0.1) is 0 Å². The van der Waals surface area contributed by atoms with E-state index in [9.17, 15) is 0 Å². The quantitative estimate of drug-likeness (QED) is 0.466. The molecular weight excluding hydrogens is 300 g/mol. The summed E-state index contributed by atoms with van der Waals surface area (Å²) in [5, 5.41) is 0. The molecule has 0 spiro atoms. The predicted octanol–water partition coefficient (Wildman–Crippen LogP) is 7.86. The summed E-state index contributed by atoms with van der Waals surface area (Å²) >= 11 is 0. The van der Waals surface area contributed by atoms with E-state index >= 15 is 0 Å². The number of hydrogen-bond donors (Lipinski definition) is 0. The molecule has 0 saturated carbocycles. The van der Waals surface area contributed by atoms with Crippen LogP contribution in [0.5, 0.6) is 0 Å². The van der Waals surface area contributed by atoms with Crippen LogP contribution in [0.1, 0.15) is 65.2 Å². The van der Waals surface area contributed by atoms with Crippen LogP contribution in [0.3, 0.4) is 0 Å². The first kappa shape index (κ1) is 21.0. The highest BCUT2D eigenvalue weighted by molar-refractivity contribution is 5.80. The van der Waals surface area contributed by atoms with E-state index < -0.39 is 0 Å². The van der Waals surface area contributed by atoms with Crippen LogP contribution in [-0.4, -0.2) is 0 Å². The maximum atomic E-state index is 2.33. The molecule has 0 fully saturated rings. The second kappa shape index (κ2) is 9.42. The van der Waals surface area contributed by atoms with Crippen molar-refractivity contribution in [1.29, 1.82) is 0 Å². The van der Waals surface area contributed by atoms with Crippen molar-refractivity contribution in [3.63, 3.8) is 0 Å². The summed E-state index contributed by atoms with van der Waals surface area (Å²) in [5.41, 5.74) is 8.55. The van der Waals surface area contributed by atoms with E-state index in [1.54, 1.807) is 0 Å². The number of aryl methyl sites for hydroxylation is 1. The van der Waals surface area contributed by atoms with Crippen LogP contribution in [0, 0.1) is 6.92 Å². The summed E-state index contributed by atoms with van der Waals surface area (Å²) in [4.78, 5) is 0. The van der Waals surface area contributed by atoms with E-state index in [0.29, 0.717) is 0 Å². The Morgan fingerprint density at radius 3 is 2.04 bits per heavy atom. The Balaban J connectivity index is 0.000000297. The highest BCUT2D eigenvalue weighted by atomic mass is 14.4. The average Bonchev–Trinajstić information content (AvgIpc) is 2.85. The standard InChI is InChI=1S/C16H16.C7H12.C2H6/c1-11-8-9-13-12-6-4-5-7-14(12)16(2,3)15(13)10-11;1-4-6-7(3)5-2;1-2/h4-10H,1-3H3;4-6H,1-3H3;1-2H3/b;6-4-,7-5-;. The second-order valence-electron chi connectivity index (χ2n) is 6.75. The topological polar surface area (TPSA) is 0 Å². The molecule has 0 aromatic heterocycles. The Morgan fingerprint density at radius 2 is 1.48 bits per heavy atom. The molecule has 2 aromatic rings. The fraction of sp³-hybridized carbons (Fsp3) is 0.360. The third-order valence-corrected chi connectivity index (χ3v) is 4.62. The normalized spacial score (nSPS) is 14.0. The minimum atomic E-state index is 0.151. The van der Waals surface area contributed by atoms with E-state index in [0.717, 1.165) is 0 Å². The first-order valence-corrected chi connectivity index (χ1v) is 9.38. The van der Waals surface area contributed by atoms with Crippen LogP contribution in [0.25, 0.3) is 11.1 Å². The Kier molecular flexibility index (Phi) is 7.90. The number of fused-ring (bicyclic) bond motifs is 3. The van der Waals surface area contributed by atoms with Crippen molar-refractivity contribution in [2.75, 3.05) is 0 Å². The van der Waals surface area contributed by atoms with Crippen LogP contribution >= 0.6 is 0 Å². The van der Waals surface area contributed by atoms with E-state index in [4.69, 9.17) is 0 Å². The van der Waals surface area contributed by atoms with E-state index in [2.05, 4.69) is 82.3 Å². The molecule has 0 nitrogen and oxygen atoms in total. The number of allylic oxidation sites excluding steroid dienone is 4. The van der Waals surface area contributed by atoms with Gasteiger partial charge in [0.25, 0.3) is 0 Å². The molecule has 0 heterocycles. The lowest BCUT2D eigenvalue weighted by atomic mass is 9.82. The molecule has 134 valence electrons. The van der Waals surface area contributed by atoms with Crippen molar-refractivity contribution in [3.8, 4) is 11.1 Å². The molecule has 0 aliphatic heterocycles. The van der Waals surface area contributed by atoms with Crippen molar-refractivity contribution in [2.45, 2.75) is 60.8 Å². The predicted molar refractivity (Wildman–Crippen MR) is 114 cm³/mol. The number of benzene rings is 2. The second-order valence-corrected chi connectivity index (χ2v) is 6.75. The third kappa shape index (κ3) is 4.72. The smallest absolute Gasteiger partial charge is 0.0158 e. The Morgan fingerprint density at radius 1 is 0.880 bits per heavy atom. The molecule has 2 aromatic carbocycles. The monoisotopic (exact) mass is 334 g/mol. The molecule has 0 saturated heterocycles. The molecule has 1 aliphatic carbocycles. The Bertz CT molecular complexity index is 742. The molecule has 25 heavy (non-hydrogen) atoms. The zero-order chi connectivity index (χ0) is 19.0. The van der Waals surface area contributed by atoms with Crippen molar-refractivity contribution >= 4 is 0 Å². The maximum absolute atomic E-state index is 2.33. The van der Waals surface area contributed by atoms with Gasteiger partial charge in [-0.05, 0) is 49.9 Å². The van der Waals surface area contributed by atoms with E-state index in [1.807, 2.05) is 33.8 Å². The van der Waals surface area contributed by atoms with Crippen LogP contribution in [0.2, 0.25) is 0 Å². The van der Waals surface area contributed by atoms with Gasteiger partial charge in [0.1, 0.15) is 0 Å². The van der Waals surface area contributed by atoms with Crippen molar-refractivity contribution < 1.29 is 0 Å². The maximum Gasteiger partial charge on any atom is 0.0158 e. The zero-order valence-electron chi connectivity index (χ0n) is 17.3. The van der Waals surface area contributed by atoms with Crippen LogP contribution in [0.15, 0.2) is 66.3 Å². The first-order valence-electron chi connectivity index (χ1n) is 9.38. The van der Waals surface area contributed by atoms with E-state index in [-0.39, 0.29) is 5.41 Å². The summed E-state index contributed by atoms with van der Waals surface area (Å²) in [5.74, 6) is 0. The molecule has 1 aliphatic rings. The SMILES string of the molecule is C/C=C\C(C)=C/C.CC.Cc1ccc2c(c1)C(C)(C)c1ccccc1-2. The summed E-state index contributed by atoms with van der Waals surface area (Å²) in [6.45, 7) is 16.9. The molecule has 0 heteroatoms. The Labute approximate surface area is 155 Å². The van der Waals surface area contributed by atoms with Crippen LogP contribution in [-0.2, 0) is 5.41 Å². The molecule has 3 rings (SSSR count). The van der Waals surface area contributed by atoms with Crippen LogP contribution in [0.4, 0.5) is 0 Å². The summed E-state index contributed by atoms with van der Waals surface area (Å²) in [6.07, 6.45) is 6.20. The van der Waals surface area contributed by atoms with Gasteiger partial charge in [0.2, 0.25) is 0 Å². The van der Waals surface area contributed by atoms with Gasteiger partial charge in [0.15, 0.2) is 0 Å². The lowest BCUT2D eigenvalue weighted by molar-refractivity contribution is 0.660. The third-order valence-electron chi connectivity index (χ3n) is 4.62. The average molecular weight is 335 g/mol. The van der Waals surface area contributed by atoms with Gasteiger partial charge in [0, 0.05) is 5.41 Å². The number of hydrogen-bond acceptors (Lipinski definition) is 0. The largest absolute Gasteiger partial charge is 0.0874 e. The van der Waals surface area contributed by atoms with Gasteiger partial charge in [-0.15, -0.1) is 0 Å². The van der Waals surface area contributed by atoms with Gasteiger partial charge in [-0.25, -0.2) is 0 Å². The minimum Gasteiger partial charge on any atom is -0.0874 e. The fourth-order valence-corrected chi connectivity index (χ4v) is 3.18. The fourth-order valence-electron chi connectivity index (χ4n) is 3.18. The Hall–Kier alpha value is -2.08. The minimum absolute atomic E-state index is 0.151. The van der Waals surface area contributed by atoms with Gasteiger partial charge in [-0.2, -0.15) is 0 Å². The van der Waals surface area contributed by atoms with Gasteiger partial charge >= 0.3 is 0 Å². The molecule has 0 amide bonds. The van der Waals surface area contributed by atoms with Crippen molar-refractivity contribution in [2.24, 2.45) is 0 Å². The molecule has 0 unspecified atom stereocenters. The van der Waals surface area contributed by atoms with Gasteiger partial charge < -0.3 is 0 Å². The molecule has 0 N–H and O–H groups in total. The van der Waals surface area contributed by atoms with Crippen molar-refractivity contribution in [1.82, 2.24) is 0 Å². The molecule has 0 bridgehead atoms. The van der Waals surface area contributed by atoms with Crippen LogP contribution < -0.4 is 0 Å². The molecule has 0 radical (unpaired) electrons. The molecular formula is C25H34.